The van der Waals surface area contributed by atoms with Gasteiger partial charge >= 0.3 is 0 Å². The van der Waals surface area contributed by atoms with Crippen LogP contribution in [0.2, 0.25) is 0 Å². The number of nitrogens with one attached hydrogen (secondary N) is 1. The number of amides is 1. The van der Waals surface area contributed by atoms with Gasteiger partial charge in [0.1, 0.15) is 4.70 Å². The van der Waals surface area contributed by atoms with E-state index >= 15 is 0 Å². The molecule has 0 aliphatic heterocycles. The Morgan fingerprint density at radius 1 is 1.09 bits per heavy atom. The summed E-state index contributed by atoms with van der Waals surface area (Å²) in [6.07, 6.45) is 0.657. The first kappa shape index (κ1) is 22.9. The standard InChI is InChI=1S/C24H23N3O4S2/c1-30-19-9-8-16(14-20(19)31-2)10-12-25-21(28)15-33-24-26-18-11-13-32-22(18)23(29)27(24)17-6-4-3-5-7-17/h3-9,11,13-14H,10,12,15H2,1-2H3,(H,25,28). The van der Waals surface area contributed by atoms with E-state index in [0.29, 0.717) is 39.8 Å². The van der Waals surface area contributed by atoms with Crippen molar-refractivity contribution >= 4 is 39.2 Å². The molecular formula is C24H23N3O4S2. The molecule has 170 valence electrons. The maximum Gasteiger partial charge on any atom is 0.276 e. The Hall–Kier alpha value is -3.30. The van der Waals surface area contributed by atoms with Crippen molar-refractivity contribution in [3.05, 3.63) is 75.9 Å². The summed E-state index contributed by atoms with van der Waals surface area (Å²) in [6.45, 7) is 0.483. The number of aromatic nitrogens is 2. The summed E-state index contributed by atoms with van der Waals surface area (Å²) in [5, 5.41) is 5.27. The summed E-state index contributed by atoms with van der Waals surface area (Å²) >= 11 is 2.62. The van der Waals surface area contributed by atoms with Gasteiger partial charge in [0.2, 0.25) is 5.91 Å². The highest BCUT2D eigenvalue weighted by Crippen LogP contribution is 2.27. The number of hydrogen-bond acceptors (Lipinski definition) is 7. The second kappa shape index (κ2) is 10.5. The van der Waals surface area contributed by atoms with Gasteiger partial charge < -0.3 is 14.8 Å². The minimum atomic E-state index is -0.127. The van der Waals surface area contributed by atoms with Crippen LogP contribution >= 0.6 is 23.1 Å². The highest BCUT2D eigenvalue weighted by atomic mass is 32.2. The Bertz CT molecular complexity index is 1320. The molecule has 2 heterocycles. The normalized spacial score (nSPS) is 10.8. The number of fused-ring (bicyclic) bond motifs is 1. The number of ether oxygens (including phenoxy) is 2. The van der Waals surface area contributed by atoms with E-state index in [2.05, 4.69) is 10.3 Å². The molecule has 4 aromatic rings. The molecule has 33 heavy (non-hydrogen) atoms. The number of thioether (sulfide) groups is 1. The number of thiophene rings is 1. The van der Waals surface area contributed by atoms with Gasteiger partial charge in [0.05, 0.1) is 31.2 Å². The highest BCUT2D eigenvalue weighted by molar-refractivity contribution is 7.99. The van der Waals surface area contributed by atoms with E-state index in [1.807, 2.05) is 60.0 Å². The largest absolute Gasteiger partial charge is 0.493 e. The molecule has 2 aromatic carbocycles. The van der Waals surface area contributed by atoms with E-state index in [9.17, 15) is 9.59 Å². The lowest BCUT2D eigenvalue weighted by Crippen LogP contribution is -2.28. The molecular weight excluding hydrogens is 458 g/mol. The van der Waals surface area contributed by atoms with Crippen molar-refractivity contribution in [3.63, 3.8) is 0 Å². The van der Waals surface area contributed by atoms with Gasteiger partial charge in [0.25, 0.3) is 5.56 Å². The van der Waals surface area contributed by atoms with Gasteiger partial charge in [-0.25, -0.2) is 4.98 Å². The molecule has 0 saturated heterocycles. The zero-order chi connectivity index (χ0) is 23.2. The Balaban J connectivity index is 1.42. The minimum Gasteiger partial charge on any atom is -0.493 e. The lowest BCUT2D eigenvalue weighted by Gasteiger charge is -2.12. The van der Waals surface area contributed by atoms with Gasteiger partial charge in [0, 0.05) is 6.54 Å². The molecule has 1 amide bonds. The van der Waals surface area contributed by atoms with Gasteiger partial charge in [-0.05, 0) is 47.7 Å². The average Bonchev–Trinajstić information content (AvgIpc) is 3.32. The Morgan fingerprint density at radius 3 is 2.64 bits per heavy atom. The smallest absolute Gasteiger partial charge is 0.276 e. The second-order valence-corrected chi connectivity index (χ2v) is 8.94. The van der Waals surface area contributed by atoms with Crippen LogP contribution in [0.5, 0.6) is 11.5 Å². The van der Waals surface area contributed by atoms with Crippen molar-refractivity contribution < 1.29 is 14.3 Å². The van der Waals surface area contributed by atoms with E-state index < -0.39 is 0 Å². The number of benzene rings is 2. The van der Waals surface area contributed by atoms with Gasteiger partial charge in [-0.3, -0.25) is 14.2 Å². The van der Waals surface area contributed by atoms with Crippen LogP contribution in [0.3, 0.4) is 0 Å². The van der Waals surface area contributed by atoms with E-state index in [4.69, 9.17) is 9.47 Å². The van der Waals surface area contributed by atoms with Crippen molar-refractivity contribution in [1.82, 2.24) is 14.9 Å². The Kier molecular flexibility index (Phi) is 7.31. The van der Waals surface area contributed by atoms with Crippen LogP contribution < -0.4 is 20.3 Å². The fourth-order valence-electron chi connectivity index (χ4n) is 3.36. The van der Waals surface area contributed by atoms with Crippen molar-refractivity contribution in [2.75, 3.05) is 26.5 Å². The topological polar surface area (TPSA) is 82.5 Å². The predicted molar refractivity (Wildman–Crippen MR) is 132 cm³/mol. The SMILES string of the molecule is COc1ccc(CCNC(=O)CSc2nc3ccsc3c(=O)n2-c2ccccc2)cc1OC. The quantitative estimate of drug-likeness (QED) is 0.288. The van der Waals surface area contributed by atoms with Crippen LogP contribution in [0.15, 0.2) is 69.9 Å². The molecule has 1 N–H and O–H groups in total. The Labute approximate surface area is 199 Å². The summed E-state index contributed by atoms with van der Waals surface area (Å²) in [5.74, 6) is 1.35. The fourth-order valence-corrected chi connectivity index (χ4v) is 4.96. The van der Waals surface area contributed by atoms with Gasteiger partial charge in [-0.2, -0.15) is 0 Å². The third-order valence-corrected chi connectivity index (χ3v) is 6.81. The first-order chi connectivity index (χ1) is 16.1. The monoisotopic (exact) mass is 481 g/mol. The van der Waals surface area contributed by atoms with Crippen LogP contribution in [0, 0.1) is 0 Å². The van der Waals surface area contributed by atoms with Crippen LogP contribution in [0.25, 0.3) is 15.9 Å². The summed E-state index contributed by atoms with van der Waals surface area (Å²) < 4.78 is 12.7. The molecule has 0 aliphatic rings. The summed E-state index contributed by atoms with van der Waals surface area (Å²) in [6, 6.07) is 16.9. The fraction of sp³-hybridized carbons (Fsp3) is 0.208. The molecule has 7 nitrogen and oxygen atoms in total. The molecule has 0 unspecified atom stereocenters. The van der Waals surface area contributed by atoms with E-state index in [1.54, 1.807) is 18.8 Å². The molecule has 0 saturated carbocycles. The average molecular weight is 482 g/mol. The number of carbonyl (C=O) groups excluding carboxylic acids is 1. The summed E-state index contributed by atoms with van der Waals surface area (Å²) in [5.41, 5.74) is 2.27. The van der Waals surface area contributed by atoms with Crippen LogP contribution in [-0.2, 0) is 11.2 Å². The summed E-state index contributed by atoms with van der Waals surface area (Å²) in [4.78, 5) is 30.2. The van der Waals surface area contributed by atoms with Crippen LogP contribution in [0.1, 0.15) is 5.56 Å². The first-order valence-corrected chi connectivity index (χ1v) is 12.1. The molecule has 0 fully saturated rings. The number of nitrogens with zero attached hydrogens (tertiary/aromatic N) is 2. The minimum absolute atomic E-state index is 0.125. The van der Waals surface area contributed by atoms with Crippen molar-refractivity contribution in [2.24, 2.45) is 0 Å². The summed E-state index contributed by atoms with van der Waals surface area (Å²) in [7, 11) is 3.19. The number of methoxy groups -OCH3 is 2. The zero-order valence-corrected chi connectivity index (χ0v) is 19.9. The highest BCUT2D eigenvalue weighted by Gasteiger charge is 2.15. The Morgan fingerprint density at radius 2 is 1.88 bits per heavy atom. The predicted octanol–water partition coefficient (Wildman–Crippen LogP) is 3.92. The molecule has 0 spiro atoms. The van der Waals surface area contributed by atoms with Crippen molar-refractivity contribution in [3.8, 4) is 17.2 Å². The lowest BCUT2D eigenvalue weighted by molar-refractivity contribution is -0.118. The zero-order valence-electron chi connectivity index (χ0n) is 18.2. The van der Waals surface area contributed by atoms with Gasteiger partial charge in [-0.1, -0.05) is 36.0 Å². The molecule has 4 rings (SSSR count). The number of hydrogen-bond donors (Lipinski definition) is 1. The molecule has 9 heteroatoms. The van der Waals surface area contributed by atoms with E-state index in [1.165, 1.54) is 23.1 Å². The number of para-hydroxylation sites is 1. The maximum absolute atomic E-state index is 13.1. The van der Waals surface area contributed by atoms with Crippen LogP contribution in [-0.4, -0.2) is 42.0 Å². The third-order valence-electron chi connectivity index (χ3n) is 4.98. The van der Waals surface area contributed by atoms with E-state index in [-0.39, 0.29) is 17.2 Å². The molecule has 2 aromatic heterocycles. The molecule has 0 bridgehead atoms. The number of carbonyl (C=O) groups is 1. The van der Waals surface area contributed by atoms with Crippen LogP contribution in [0.4, 0.5) is 0 Å². The third kappa shape index (κ3) is 5.20. The van der Waals surface area contributed by atoms with Gasteiger partial charge in [0.15, 0.2) is 16.7 Å². The molecule has 0 aliphatic carbocycles. The van der Waals surface area contributed by atoms with Crippen molar-refractivity contribution in [1.29, 1.82) is 0 Å². The first-order valence-electron chi connectivity index (χ1n) is 10.3. The lowest BCUT2D eigenvalue weighted by atomic mass is 10.1. The maximum atomic E-state index is 13.1. The van der Waals surface area contributed by atoms with Gasteiger partial charge in [-0.15, -0.1) is 11.3 Å². The molecule has 0 atom stereocenters. The van der Waals surface area contributed by atoms with E-state index in [0.717, 1.165) is 11.3 Å². The van der Waals surface area contributed by atoms with Crippen molar-refractivity contribution in [2.45, 2.75) is 11.6 Å². The second-order valence-electron chi connectivity index (χ2n) is 7.08. The number of rotatable bonds is 9. The molecule has 0 radical (unpaired) electrons.